The van der Waals surface area contributed by atoms with Crippen molar-refractivity contribution in [2.75, 3.05) is 7.11 Å². The van der Waals surface area contributed by atoms with E-state index < -0.39 is 15.7 Å². The Morgan fingerprint density at radius 2 is 2.12 bits per heavy atom. The molecule has 0 aliphatic heterocycles. The first-order chi connectivity index (χ1) is 11.9. The summed E-state index contributed by atoms with van der Waals surface area (Å²) in [4.78, 5) is 22.3. The summed E-state index contributed by atoms with van der Waals surface area (Å²) in [6.07, 6.45) is 1.43. The van der Waals surface area contributed by atoms with Crippen LogP contribution in [0.5, 0.6) is 5.75 Å². The minimum Gasteiger partial charge on any atom is -0.497 e. The van der Waals surface area contributed by atoms with Crippen LogP contribution in [0.3, 0.4) is 0 Å². The molecule has 8 nitrogen and oxygen atoms in total. The van der Waals surface area contributed by atoms with Crippen molar-refractivity contribution < 1.29 is 13.9 Å². The lowest BCUT2D eigenvalue weighted by Gasteiger charge is -2.06. The number of imidazole rings is 1. The quantitative estimate of drug-likeness (QED) is 0.553. The number of ether oxygens (including phenoxy) is 1. The Bertz CT molecular complexity index is 999. The molecule has 0 saturated heterocycles. The molecule has 0 spiro atoms. The van der Waals surface area contributed by atoms with Crippen LogP contribution >= 0.6 is 0 Å². The zero-order chi connectivity index (χ0) is 18.1. The van der Waals surface area contributed by atoms with E-state index in [0.29, 0.717) is 38.8 Å². The SMILES string of the molecule is COc1ccc2nc([S@@](=O)Cc3ncc(C)c([N+](=O)[O-])c3C)[nH]c2c1. The second-order valence-electron chi connectivity index (χ2n) is 5.53. The van der Waals surface area contributed by atoms with Gasteiger partial charge in [-0.1, -0.05) is 0 Å². The van der Waals surface area contributed by atoms with Crippen LogP contribution in [0.15, 0.2) is 29.6 Å². The number of pyridine rings is 1. The minimum atomic E-state index is -1.51. The van der Waals surface area contributed by atoms with E-state index in [2.05, 4.69) is 15.0 Å². The van der Waals surface area contributed by atoms with Crippen molar-refractivity contribution in [1.29, 1.82) is 0 Å². The minimum absolute atomic E-state index is 0.0105. The van der Waals surface area contributed by atoms with Crippen LogP contribution in [0.1, 0.15) is 16.8 Å². The molecule has 0 bridgehead atoms. The first-order valence-corrected chi connectivity index (χ1v) is 8.74. The molecular formula is C16H16N4O4S. The fourth-order valence-electron chi connectivity index (χ4n) is 2.58. The summed E-state index contributed by atoms with van der Waals surface area (Å²) in [6.45, 7) is 3.25. The molecule has 0 aliphatic rings. The van der Waals surface area contributed by atoms with Gasteiger partial charge in [-0.15, -0.1) is 0 Å². The van der Waals surface area contributed by atoms with E-state index >= 15 is 0 Å². The standard InChI is InChI=1S/C16H16N4O4S/c1-9-7-17-14(10(2)15(9)20(21)22)8-25(23)16-18-12-5-4-11(24-3)6-13(12)19-16/h4-7H,8H2,1-3H3,(H,18,19)/t25-/m0/s1. The number of rotatable bonds is 5. The Hall–Kier alpha value is -2.81. The van der Waals surface area contributed by atoms with Gasteiger partial charge in [0.2, 0.25) is 0 Å². The van der Waals surface area contributed by atoms with Crippen molar-refractivity contribution >= 4 is 27.5 Å². The first kappa shape index (κ1) is 17.0. The molecular weight excluding hydrogens is 344 g/mol. The van der Waals surface area contributed by atoms with Crippen LogP contribution in [0.2, 0.25) is 0 Å². The zero-order valence-corrected chi connectivity index (χ0v) is 14.7. The molecule has 2 aromatic heterocycles. The number of nitrogens with zero attached hydrogens (tertiary/aromatic N) is 3. The Morgan fingerprint density at radius 3 is 2.80 bits per heavy atom. The molecule has 25 heavy (non-hydrogen) atoms. The summed E-state index contributed by atoms with van der Waals surface area (Å²) in [5.41, 5.74) is 2.72. The maximum atomic E-state index is 12.6. The molecule has 0 amide bonds. The zero-order valence-electron chi connectivity index (χ0n) is 13.9. The van der Waals surface area contributed by atoms with Crippen LogP contribution in [-0.2, 0) is 16.6 Å². The molecule has 0 unspecified atom stereocenters. The number of nitro groups is 1. The van der Waals surface area contributed by atoms with E-state index in [1.807, 2.05) is 0 Å². The monoisotopic (exact) mass is 360 g/mol. The largest absolute Gasteiger partial charge is 0.497 e. The van der Waals surface area contributed by atoms with E-state index in [-0.39, 0.29) is 11.4 Å². The lowest BCUT2D eigenvalue weighted by Crippen LogP contribution is -2.06. The molecule has 0 fully saturated rings. The second-order valence-corrected chi connectivity index (χ2v) is 6.90. The second kappa shape index (κ2) is 6.60. The van der Waals surface area contributed by atoms with Gasteiger partial charge >= 0.3 is 0 Å². The Kier molecular flexibility index (Phi) is 4.49. The number of aromatic amines is 1. The van der Waals surface area contributed by atoms with Crippen LogP contribution in [0.25, 0.3) is 11.0 Å². The highest BCUT2D eigenvalue weighted by atomic mass is 32.2. The molecule has 0 radical (unpaired) electrons. The highest BCUT2D eigenvalue weighted by molar-refractivity contribution is 7.84. The number of hydrogen-bond donors (Lipinski definition) is 1. The number of benzene rings is 1. The van der Waals surface area contributed by atoms with Crippen molar-refractivity contribution in [3.05, 3.63) is 51.3 Å². The molecule has 9 heteroatoms. The highest BCUT2D eigenvalue weighted by Gasteiger charge is 2.21. The van der Waals surface area contributed by atoms with Gasteiger partial charge in [-0.25, -0.2) is 4.98 Å². The molecule has 0 aliphatic carbocycles. The maximum absolute atomic E-state index is 12.6. The smallest absolute Gasteiger partial charge is 0.278 e. The average Bonchev–Trinajstić information content (AvgIpc) is 3.00. The third-order valence-electron chi connectivity index (χ3n) is 3.91. The van der Waals surface area contributed by atoms with Crippen LogP contribution < -0.4 is 4.74 Å². The van der Waals surface area contributed by atoms with Crippen LogP contribution in [-0.4, -0.2) is 31.2 Å². The molecule has 3 rings (SSSR count). The molecule has 1 aromatic carbocycles. The number of aromatic nitrogens is 3. The summed E-state index contributed by atoms with van der Waals surface area (Å²) in [5, 5.41) is 11.5. The average molecular weight is 360 g/mol. The normalized spacial score (nSPS) is 12.3. The predicted octanol–water partition coefficient (Wildman–Crippen LogP) is 2.80. The third-order valence-corrected chi connectivity index (χ3v) is 5.07. The van der Waals surface area contributed by atoms with Gasteiger partial charge in [-0.3, -0.25) is 19.3 Å². The summed E-state index contributed by atoms with van der Waals surface area (Å²) >= 11 is 0. The van der Waals surface area contributed by atoms with Crippen molar-refractivity contribution in [2.24, 2.45) is 0 Å². The summed E-state index contributed by atoms with van der Waals surface area (Å²) < 4.78 is 17.8. The van der Waals surface area contributed by atoms with Gasteiger partial charge in [0, 0.05) is 23.4 Å². The molecule has 0 saturated carbocycles. The van der Waals surface area contributed by atoms with Gasteiger partial charge in [0.15, 0.2) is 5.16 Å². The van der Waals surface area contributed by atoms with E-state index in [0.717, 1.165) is 0 Å². The van der Waals surface area contributed by atoms with Crippen LogP contribution in [0.4, 0.5) is 5.69 Å². The third kappa shape index (κ3) is 3.22. The molecule has 130 valence electrons. The molecule has 2 heterocycles. The Morgan fingerprint density at radius 1 is 1.36 bits per heavy atom. The lowest BCUT2D eigenvalue weighted by molar-refractivity contribution is -0.386. The number of aryl methyl sites for hydroxylation is 1. The summed E-state index contributed by atoms with van der Waals surface area (Å²) in [6, 6.07) is 5.31. The number of nitrogens with one attached hydrogen (secondary N) is 1. The summed E-state index contributed by atoms with van der Waals surface area (Å²) in [7, 11) is 0.0582. The number of fused-ring (bicyclic) bond motifs is 1. The molecule has 1 atom stereocenters. The van der Waals surface area contributed by atoms with E-state index in [9.17, 15) is 14.3 Å². The van der Waals surface area contributed by atoms with E-state index in [1.165, 1.54) is 6.20 Å². The van der Waals surface area contributed by atoms with Gasteiger partial charge in [0.25, 0.3) is 5.69 Å². The number of H-pyrrole nitrogens is 1. The van der Waals surface area contributed by atoms with Crippen molar-refractivity contribution in [3.8, 4) is 5.75 Å². The topological polar surface area (TPSA) is 111 Å². The molecule has 3 aromatic rings. The van der Waals surface area contributed by atoms with E-state index in [4.69, 9.17) is 4.74 Å². The number of methoxy groups -OCH3 is 1. The Balaban J connectivity index is 1.92. The fourth-order valence-corrected chi connectivity index (χ4v) is 3.68. The maximum Gasteiger partial charge on any atom is 0.278 e. The molecule has 1 N–H and O–H groups in total. The summed E-state index contributed by atoms with van der Waals surface area (Å²) in [5.74, 6) is 0.712. The van der Waals surface area contributed by atoms with Gasteiger partial charge in [0.1, 0.15) is 5.75 Å². The van der Waals surface area contributed by atoms with Gasteiger partial charge in [-0.2, -0.15) is 0 Å². The van der Waals surface area contributed by atoms with Crippen molar-refractivity contribution in [3.63, 3.8) is 0 Å². The van der Waals surface area contributed by atoms with Crippen LogP contribution in [0, 0.1) is 24.0 Å². The predicted molar refractivity (Wildman–Crippen MR) is 93.1 cm³/mol. The fraction of sp³-hybridized carbons (Fsp3) is 0.250. The number of hydrogen-bond acceptors (Lipinski definition) is 6. The lowest BCUT2D eigenvalue weighted by atomic mass is 10.1. The van der Waals surface area contributed by atoms with Crippen molar-refractivity contribution in [1.82, 2.24) is 15.0 Å². The first-order valence-electron chi connectivity index (χ1n) is 7.42. The van der Waals surface area contributed by atoms with Gasteiger partial charge < -0.3 is 9.72 Å². The highest BCUT2D eigenvalue weighted by Crippen LogP contribution is 2.26. The van der Waals surface area contributed by atoms with Gasteiger partial charge in [0.05, 0.1) is 45.3 Å². The van der Waals surface area contributed by atoms with Gasteiger partial charge in [-0.05, 0) is 26.0 Å². The Labute approximate surface area is 145 Å². The van der Waals surface area contributed by atoms with Crippen molar-refractivity contribution in [2.45, 2.75) is 24.8 Å². The van der Waals surface area contributed by atoms with E-state index in [1.54, 1.807) is 39.2 Å².